The van der Waals surface area contributed by atoms with Crippen LogP contribution >= 0.6 is 24.0 Å². The molecule has 0 aromatic carbocycles. The van der Waals surface area contributed by atoms with E-state index in [2.05, 4.69) is 9.98 Å². The van der Waals surface area contributed by atoms with Gasteiger partial charge in [-0.15, -0.1) is 24.0 Å². The van der Waals surface area contributed by atoms with Gasteiger partial charge in [0, 0.05) is 25.4 Å². The number of nitrogens with two attached hydrogens (primary N) is 2. The first kappa shape index (κ1) is 12.8. The molecule has 0 aliphatic carbocycles. The fourth-order valence-electron chi connectivity index (χ4n) is 1.41. The molecule has 2 aromatic heterocycles. The van der Waals surface area contributed by atoms with Crippen molar-refractivity contribution in [2.24, 2.45) is 16.5 Å². The van der Waals surface area contributed by atoms with Gasteiger partial charge in [0.15, 0.2) is 5.96 Å². The summed E-state index contributed by atoms with van der Waals surface area (Å²) in [7, 11) is 0. The van der Waals surface area contributed by atoms with Crippen molar-refractivity contribution in [1.82, 2.24) is 9.38 Å². The van der Waals surface area contributed by atoms with E-state index in [0.29, 0.717) is 6.54 Å². The summed E-state index contributed by atoms with van der Waals surface area (Å²) in [6.45, 7) is 0.576. The zero-order chi connectivity index (χ0) is 10.7. The lowest BCUT2D eigenvalue weighted by Gasteiger charge is -1.91. The van der Waals surface area contributed by atoms with Crippen molar-refractivity contribution in [1.29, 1.82) is 0 Å². The second-order valence-electron chi connectivity index (χ2n) is 3.25. The van der Waals surface area contributed by atoms with E-state index >= 15 is 0 Å². The zero-order valence-electron chi connectivity index (χ0n) is 8.71. The molecule has 16 heavy (non-hydrogen) atoms. The second-order valence-corrected chi connectivity index (χ2v) is 3.25. The van der Waals surface area contributed by atoms with Crippen LogP contribution in [-0.2, 0) is 6.42 Å². The molecule has 86 valence electrons. The summed E-state index contributed by atoms with van der Waals surface area (Å²) in [5.41, 5.74) is 12.4. The van der Waals surface area contributed by atoms with Crippen molar-refractivity contribution in [2.45, 2.75) is 6.42 Å². The highest BCUT2D eigenvalue weighted by Gasteiger charge is 1.99. The van der Waals surface area contributed by atoms with E-state index in [-0.39, 0.29) is 29.9 Å². The number of hydrogen-bond acceptors (Lipinski definition) is 2. The van der Waals surface area contributed by atoms with Crippen molar-refractivity contribution >= 4 is 35.6 Å². The Labute approximate surface area is 111 Å². The molecule has 0 radical (unpaired) electrons. The number of guanidine groups is 1. The Hall–Kier alpha value is -1.31. The maximum atomic E-state index is 5.23. The minimum atomic E-state index is 0. The van der Waals surface area contributed by atoms with Crippen LogP contribution in [0.1, 0.15) is 5.69 Å². The lowest BCUT2D eigenvalue weighted by molar-refractivity contribution is 0.932. The van der Waals surface area contributed by atoms with Crippen LogP contribution in [0.15, 0.2) is 35.6 Å². The van der Waals surface area contributed by atoms with Crippen molar-refractivity contribution in [2.75, 3.05) is 6.54 Å². The largest absolute Gasteiger partial charge is 0.370 e. The standard InChI is InChI=1S/C10H13N5.HI/c11-10(12)13-5-4-8-7-15-6-2-1-3-9(15)14-8;/h1-3,6-7H,4-5H2,(H4,11,12,13);1H. The van der Waals surface area contributed by atoms with Crippen LogP contribution < -0.4 is 11.5 Å². The lowest BCUT2D eigenvalue weighted by Crippen LogP contribution is -2.23. The predicted molar refractivity (Wildman–Crippen MR) is 75.0 cm³/mol. The molecule has 0 aliphatic heterocycles. The Balaban J connectivity index is 0.00000128. The molecule has 6 heteroatoms. The summed E-state index contributed by atoms with van der Waals surface area (Å²) in [6.07, 6.45) is 4.70. The number of halogens is 1. The van der Waals surface area contributed by atoms with E-state index in [0.717, 1.165) is 17.8 Å². The number of nitrogens with zero attached hydrogens (tertiary/aromatic N) is 3. The predicted octanol–water partition coefficient (Wildman–Crippen LogP) is 0.768. The molecule has 0 bridgehead atoms. The molecule has 2 aromatic rings. The summed E-state index contributed by atoms with van der Waals surface area (Å²) < 4.78 is 1.98. The van der Waals surface area contributed by atoms with Crippen molar-refractivity contribution in [3.8, 4) is 0 Å². The molecule has 0 atom stereocenters. The van der Waals surface area contributed by atoms with Crippen LogP contribution in [0.25, 0.3) is 5.65 Å². The van der Waals surface area contributed by atoms with Gasteiger partial charge in [-0.2, -0.15) is 0 Å². The van der Waals surface area contributed by atoms with Gasteiger partial charge in [-0.3, -0.25) is 4.99 Å². The number of rotatable bonds is 3. The monoisotopic (exact) mass is 331 g/mol. The van der Waals surface area contributed by atoms with Crippen molar-refractivity contribution < 1.29 is 0 Å². The Morgan fingerprint density at radius 2 is 2.19 bits per heavy atom. The molecule has 0 amide bonds. The zero-order valence-corrected chi connectivity index (χ0v) is 11.0. The molecule has 0 fully saturated rings. The number of hydrogen-bond donors (Lipinski definition) is 2. The smallest absolute Gasteiger partial charge is 0.185 e. The van der Waals surface area contributed by atoms with Crippen molar-refractivity contribution in [3.63, 3.8) is 0 Å². The molecule has 2 rings (SSSR count). The molecule has 2 heterocycles. The molecule has 0 unspecified atom stereocenters. The first-order chi connectivity index (χ1) is 7.25. The average Bonchev–Trinajstić information content (AvgIpc) is 2.59. The Morgan fingerprint density at radius 1 is 1.38 bits per heavy atom. The van der Waals surface area contributed by atoms with Crippen LogP contribution in [0, 0.1) is 0 Å². The second kappa shape index (κ2) is 5.69. The van der Waals surface area contributed by atoms with E-state index in [1.165, 1.54) is 0 Å². The van der Waals surface area contributed by atoms with Crippen LogP contribution in [0.2, 0.25) is 0 Å². The molecule has 0 saturated heterocycles. The van der Waals surface area contributed by atoms with E-state index in [1.54, 1.807) is 0 Å². The van der Waals surface area contributed by atoms with Gasteiger partial charge in [-0.25, -0.2) is 4.98 Å². The number of pyridine rings is 1. The number of imidazole rings is 1. The van der Waals surface area contributed by atoms with Gasteiger partial charge in [0.1, 0.15) is 5.65 Å². The van der Waals surface area contributed by atoms with Crippen LogP contribution in [0.3, 0.4) is 0 Å². The summed E-state index contributed by atoms with van der Waals surface area (Å²) in [4.78, 5) is 8.33. The van der Waals surface area contributed by atoms with Gasteiger partial charge in [0.05, 0.1) is 5.69 Å². The first-order valence-electron chi connectivity index (χ1n) is 4.74. The molecule has 4 N–H and O–H groups in total. The molecule has 0 spiro atoms. The normalized spacial score (nSPS) is 9.75. The quantitative estimate of drug-likeness (QED) is 0.495. The average molecular weight is 331 g/mol. The Bertz CT molecular complexity index is 454. The first-order valence-corrected chi connectivity index (χ1v) is 4.74. The summed E-state index contributed by atoms with van der Waals surface area (Å²) in [5, 5.41) is 0. The molecule has 0 aliphatic rings. The molecule has 5 nitrogen and oxygen atoms in total. The summed E-state index contributed by atoms with van der Waals surface area (Å²) in [6, 6.07) is 5.89. The summed E-state index contributed by atoms with van der Waals surface area (Å²) >= 11 is 0. The number of aromatic nitrogens is 2. The maximum absolute atomic E-state index is 5.23. The van der Waals surface area contributed by atoms with Gasteiger partial charge in [-0.1, -0.05) is 6.07 Å². The highest BCUT2D eigenvalue weighted by atomic mass is 127. The van der Waals surface area contributed by atoms with Gasteiger partial charge in [0.25, 0.3) is 0 Å². The third-order valence-corrected chi connectivity index (χ3v) is 2.08. The summed E-state index contributed by atoms with van der Waals surface area (Å²) in [5.74, 6) is 0.124. The molecule has 0 saturated carbocycles. The Kier molecular flexibility index (Phi) is 4.53. The van der Waals surface area contributed by atoms with E-state index in [1.807, 2.05) is 35.0 Å². The number of fused-ring (bicyclic) bond motifs is 1. The Morgan fingerprint density at radius 3 is 2.88 bits per heavy atom. The van der Waals surface area contributed by atoms with E-state index < -0.39 is 0 Å². The minimum absolute atomic E-state index is 0. The van der Waals surface area contributed by atoms with E-state index in [4.69, 9.17) is 11.5 Å². The fourth-order valence-corrected chi connectivity index (χ4v) is 1.41. The van der Waals surface area contributed by atoms with Gasteiger partial charge in [0.2, 0.25) is 0 Å². The molecular formula is C10H14IN5. The SMILES string of the molecule is I.NC(N)=NCCc1cn2ccccc2n1. The third-order valence-electron chi connectivity index (χ3n) is 2.08. The molecular weight excluding hydrogens is 317 g/mol. The maximum Gasteiger partial charge on any atom is 0.185 e. The van der Waals surface area contributed by atoms with Gasteiger partial charge in [-0.05, 0) is 12.1 Å². The van der Waals surface area contributed by atoms with Gasteiger partial charge < -0.3 is 15.9 Å². The minimum Gasteiger partial charge on any atom is -0.370 e. The van der Waals surface area contributed by atoms with E-state index in [9.17, 15) is 0 Å². The topological polar surface area (TPSA) is 81.7 Å². The van der Waals surface area contributed by atoms with Gasteiger partial charge >= 0.3 is 0 Å². The number of aliphatic imine (C=N–C) groups is 1. The van der Waals surface area contributed by atoms with Crippen LogP contribution in [0.5, 0.6) is 0 Å². The van der Waals surface area contributed by atoms with Crippen LogP contribution in [0.4, 0.5) is 0 Å². The van der Waals surface area contributed by atoms with Crippen molar-refractivity contribution in [3.05, 3.63) is 36.3 Å². The highest BCUT2D eigenvalue weighted by Crippen LogP contribution is 2.04. The van der Waals surface area contributed by atoms with Crippen LogP contribution in [-0.4, -0.2) is 21.9 Å². The third kappa shape index (κ3) is 3.09. The lowest BCUT2D eigenvalue weighted by atomic mass is 10.3. The fraction of sp³-hybridized carbons (Fsp3) is 0.200. The highest BCUT2D eigenvalue weighted by molar-refractivity contribution is 14.0.